The van der Waals surface area contributed by atoms with Gasteiger partial charge in [-0.3, -0.25) is 5.84 Å². The first kappa shape index (κ1) is 10.9. The standard InChI is InChI=1S/C9H14FN3O/c1-12-9(13-11)7-5-6(10)3-4-8(7)14-2/h3-5,9,12-13H,11H2,1-2H3. The number of nitrogens with two attached hydrogens (primary N) is 1. The molecular formula is C9H14FN3O. The van der Waals surface area contributed by atoms with E-state index in [1.807, 2.05) is 0 Å². The molecule has 0 saturated heterocycles. The zero-order valence-corrected chi connectivity index (χ0v) is 8.17. The summed E-state index contributed by atoms with van der Waals surface area (Å²) in [6, 6.07) is 4.28. The molecule has 0 heterocycles. The molecule has 14 heavy (non-hydrogen) atoms. The highest BCUT2D eigenvalue weighted by atomic mass is 19.1. The fourth-order valence-corrected chi connectivity index (χ4v) is 1.26. The molecular weight excluding hydrogens is 185 g/mol. The highest BCUT2D eigenvalue weighted by molar-refractivity contribution is 5.36. The first-order valence-electron chi connectivity index (χ1n) is 4.19. The second-order valence-electron chi connectivity index (χ2n) is 2.77. The van der Waals surface area contributed by atoms with Crippen LogP contribution in [0.1, 0.15) is 11.7 Å². The molecule has 0 aliphatic carbocycles. The van der Waals surface area contributed by atoms with Crippen molar-refractivity contribution >= 4 is 0 Å². The number of rotatable bonds is 4. The molecule has 1 rings (SSSR count). The summed E-state index contributed by atoms with van der Waals surface area (Å²) in [5.41, 5.74) is 3.15. The van der Waals surface area contributed by atoms with Crippen LogP contribution in [0.2, 0.25) is 0 Å². The van der Waals surface area contributed by atoms with E-state index in [0.29, 0.717) is 11.3 Å². The second kappa shape index (κ2) is 4.90. The maximum atomic E-state index is 13.0. The Bertz CT molecular complexity index is 302. The van der Waals surface area contributed by atoms with Crippen LogP contribution in [0, 0.1) is 5.82 Å². The van der Waals surface area contributed by atoms with Gasteiger partial charge in [-0.05, 0) is 25.2 Å². The van der Waals surface area contributed by atoms with Gasteiger partial charge < -0.3 is 10.1 Å². The third kappa shape index (κ3) is 2.20. The molecule has 1 unspecified atom stereocenters. The predicted octanol–water partition coefficient (Wildman–Crippen LogP) is 0.516. The third-order valence-corrected chi connectivity index (χ3v) is 1.96. The lowest BCUT2D eigenvalue weighted by Gasteiger charge is -2.18. The average molecular weight is 199 g/mol. The monoisotopic (exact) mass is 199 g/mol. The molecule has 0 radical (unpaired) electrons. The van der Waals surface area contributed by atoms with Crippen LogP contribution >= 0.6 is 0 Å². The summed E-state index contributed by atoms with van der Waals surface area (Å²) < 4.78 is 18.0. The Morgan fingerprint density at radius 3 is 2.71 bits per heavy atom. The summed E-state index contributed by atoms with van der Waals surface area (Å²) in [5, 5.41) is 2.89. The number of halogens is 1. The molecule has 1 aromatic carbocycles. The summed E-state index contributed by atoms with van der Waals surface area (Å²) in [5.74, 6) is 5.56. The topological polar surface area (TPSA) is 59.3 Å². The molecule has 0 fully saturated rings. The molecule has 4 N–H and O–H groups in total. The fourth-order valence-electron chi connectivity index (χ4n) is 1.26. The van der Waals surface area contributed by atoms with Crippen molar-refractivity contribution in [2.75, 3.05) is 14.2 Å². The van der Waals surface area contributed by atoms with Gasteiger partial charge >= 0.3 is 0 Å². The maximum Gasteiger partial charge on any atom is 0.125 e. The Labute approximate surface area is 82.2 Å². The summed E-state index contributed by atoms with van der Waals surface area (Å²) >= 11 is 0. The minimum atomic E-state index is -0.333. The largest absolute Gasteiger partial charge is 0.496 e. The lowest BCUT2D eigenvalue weighted by molar-refractivity contribution is 0.389. The lowest BCUT2D eigenvalue weighted by atomic mass is 10.1. The van der Waals surface area contributed by atoms with Crippen LogP contribution in [0.5, 0.6) is 5.75 Å². The van der Waals surface area contributed by atoms with Gasteiger partial charge in [0.15, 0.2) is 0 Å². The molecule has 0 amide bonds. The van der Waals surface area contributed by atoms with E-state index in [9.17, 15) is 4.39 Å². The Balaban J connectivity index is 3.08. The SMILES string of the molecule is CNC(NN)c1cc(F)ccc1OC. The molecule has 0 aliphatic heterocycles. The van der Waals surface area contributed by atoms with Gasteiger partial charge in [-0.2, -0.15) is 0 Å². The molecule has 0 spiro atoms. The molecule has 0 aliphatic rings. The third-order valence-electron chi connectivity index (χ3n) is 1.96. The van der Waals surface area contributed by atoms with E-state index in [4.69, 9.17) is 10.6 Å². The van der Waals surface area contributed by atoms with Gasteiger partial charge in [-0.25, -0.2) is 9.82 Å². The number of nitrogens with one attached hydrogen (secondary N) is 2. The van der Waals surface area contributed by atoms with Gasteiger partial charge in [-0.15, -0.1) is 0 Å². The van der Waals surface area contributed by atoms with E-state index in [0.717, 1.165) is 0 Å². The van der Waals surface area contributed by atoms with Crippen molar-refractivity contribution < 1.29 is 9.13 Å². The van der Waals surface area contributed by atoms with E-state index >= 15 is 0 Å². The Hall–Kier alpha value is -1.17. The number of hydrogen-bond acceptors (Lipinski definition) is 4. The number of hydrazine groups is 1. The number of hydrogen-bond donors (Lipinski definition) is 3. The van der Waals surface area contributed by atoms with Gasteiger partial charge in [0.25, 0.3) is 0 Å². The molecule has 0 bridgehead atoms. The van der Waals surface area contributed by atoms with Crippen LogP contribution in [-0.4, -0.2) is 14.2 Å². The van der Waals surface area contributed by atoms with Crippen molar-refractivity contribution in [3.05, 3.63) is 29.6 Å². The molecule has 1 aromatic rings. The maximum absolute atomic E-state index is 13.0. The number of benzene rings is 1. The normalized spacial score (nSPS) is 12.6. The first-order chi connectivity index (χ1) is 6.72. The Kier molecular flexibility index (Phi) is 3.82. The zero-order chi connectivity index (χ0) is 10.6. The average Bonchev–Trinajstić information content (AvgIpc) is 2.20. The summed E-state index contributed by atoms with van der Waals surface area (Å²) in [4.78, 5) is 0. The molecule has 0 saturated carbocycles. The van der Waals surface area contributed by atoms with Gasteiger partial charge in [0.1, 0.15) is 11.6 Å². The minimum Gasteiger partial charge on any atom is -0.496 e. The van der Waals surface area contributed by atoms with Gasteiger partial charge in [0.05, 0.1) is 13.3 Å². The zero-order valence-electron chi connectivity index (χ0n) is 8.17. The highest BCUT2D eigenvalue weighted by Gasteiger charge is 2.13. The van der Waals surface area contributed by atoms with E-state index < -0.39 is 0 Å². The highest BCUT2D eigenvalue weighted by Crippen LogP contribution is 2.23. The summed E-state index contributed by atoms with van der Waals surface area (Å²) in [7, 11) is 3.24. The number of methoxy groups -OCH3 is 1. The van der Waals surface area contributed by atoms with Crippen molar-refractivity contribution in [1.29, 1.82) is 0 Å². The Morgan fingerprint density at radius 2 is 2.21 bits per heavy atom. The van der Waals surface area contributed by atoms with Crippen LogP contribution < -0.4 is 21.3 Å². The van der Waals surface area contributed by atoms with Crippen LogP contribution in [0.4, 0.5) is 4.39 Å². The first-order valence-corrected chi connectivity index (χ1v) is 4.19. The van der Waals surface area contributed by atoms with E-state index in [2.05, 4.69) is 10.7 Å². The quantitative estimate of drug-likeness (QED) is 0.376. The van der Waals surface area contributed by atoms with Gasteiger partial charge in [0, 0.05) is 5.56 Å². The minimum absolute atomic E-state index is 0.323. The molecule has 0 aromatic heterocycles. The van der Waals surface area contributed by atoms with E-state index in [-0.39, 0.29) is 12.0 Å². The Morgan fingerprint density at radius 1 is 1.50 bits per heavy atom. The van der Waals surface area contributed by atoms with Crippen molar-refractivity contribution in [3.8, 4) is 5.75 Å². The smallest absolute Gasteiger partial charge is 0.125 e. The van der Waals surface area contributed by atoms with Gasteiger partial charge in [0.2, 0.25) is 0 Å². The van der Waals surface area contributed by atoms with Crippen molar-refractivity contribution in [1.82, 2.24) is 10.7 Å². The molecule has 1 atom stereocenters. The molecule has 4 nitrogen and oxygen atoms in total. The van der Waals surface area contributed by atoms with Crippen LogP contribution in [0.15, 0.2) is 18.2 Å². The van der Waals surface area contributed by atoms with Crippen molar-refractivity contribution in [2.24, 2.45) is 5.84 Å². The van der Waals surface area contributed by atoms with Crippen LogP contribution in [0.25, 0.3) is 0 Å². The molecule has 5 heteroatoms. The second-order valence-corrected chi connectivity index (χ2v) is 2.77. The van der Waals surface area contributed by atoms with Crippen LogP contribution in [-0.2, 0) is 0 Å². The fraction of sp³-hybridized carbons (Fsp3) is 0.333. The summed E-state index contributed by atoms with van der Waals surface area (Å²) in [6.07, 6.45) is -0.333. The van der Waals surface area contributed by atoms with Gasteiger partial charge in [-0.1, -0.05) is 0 Å². The lowest BCUT2D eigenvalue weighted by Crippen LogP contribution is -2.36. The van der Waals surface area contributed by atoms with E-state index in [1.165, 1.54) is 19.2 Å². The predicted molar refractivity (Wildman–Crippen MR) is 52.1 cm³/mol. The van der Waals surface area contributed by atoms with E-state index in [1.54, 1.807) is 13.1 Å². The molecule has 78 valence electrons. The number of ether oxygens (including phenoxy) is 1. The van der Waals surface area contributed by atoms with Crippen LogP contribution in [0.3, 0.4) is 0 Å². The summed E-state index contributed by atoms with van der Waals surface area (Å²) in [6.45, 7) is 0. The van der Waals surface area contributed by atoms with Crippen molar-refractivity contribution in [2.45, 2.75) is 6.17 Å². The van der Waals surface area contributed by atoms with Crippen molar-refractivity contribution in [3.63, 3.8) is 0 Å².